The molecule has 4 N–H and O–H groups in total. The van der Waals surface area contributed by atoms with Crippen LogP contribution in [-0.2, 0) is 4.79 Å². The molecule has 1 aromatic carbocycles. The first-order valence-corrected chi connectivity index (χ1v) is 5.72. The second-order valence-electron chi connectivity index (χ2n) is 3.63. The lowest BCUT2D eigenvalue weighted by atomic mass is 10.1. The van der Waals surface area contributed by atoms with Crippen LogP contribution in [0.1, 0.15) is 25.5 Å². The first kappa shape index (κ1) is 13.0. The van der Waals surface area contributed by atoms with Gasteiger partial charge in [0.2, 0.25) is 0 Å². The molecule has 0 saturated carbocycles. The number of benzene rings is 1. The number of halogens is 1. The third-order valence-electron chi connectivity index (χ3n) is 2.17. The molecule has 0 heterocycles. The molecular weight excluding hydrogens is 272 g/mol. The Balaban J connectivity index is 3.01. The number of nitrogens with two attached hydrogens (primary N) is 2. The molecule has 1 rings (SSSR count). The zero-order valence-electron chi connectivity index (χ0n) is 9.24. The average Bonchev–Trinajstić information content (AvgIpc) is 2.16. The monoisotopic (exact) mass is 286 g/mol. The molecule has 1 unspecified atom stereocenters. The fourth-order valence-corrected chi connectivity index (χ4v) is 1.58. The highest BCUT2D eigenvalue weighted by Crippen LogP contribution is 2.28. The quantitative estimate of drug-likeness (QED) is 0.885. The first-order valence-electron chi connectivity index (χ1n) is 4.93. The van der Waals surface area contributed by atoms with Crippen LogP contribution in [0, 0.1) is 0 Å². The van der Waals surface area contributed by atoms with Crippen molar-refractivity contribution in [1.29, 1.82) is 0 Å². The minimum atomic E-state index is -0.674. The zero-order valence-corrected chi connectivity index (χ0v) is 10.8. The van der Waals surface area contributed by atoms with Crippen LogP contribution in [0.5, 0.6) is 5.75 Å². The van der Waals surface area contributed by atoms with Gasteiger partial charge >= 0.3 is 0 Å². The molecular formula is C11H15BrN2O2. The van der Waals surface area contributed by atoms with Crippen LogP contribution >= 0.6 is 15.9 Å². The highest BCUT2D eigenvalue weighted by molar-refractivity contribution is 9.10. The number of hydrogen-bond donors (Lipinski definition) is 2. The minimum Gasteiger partial charge on any atom is -0.481 e. The van der Waals surface area contributed by atoms with Gasteiger partial charge < -0.3 is 16.2 Å². The van der Waals surface area contributed by atoms with Crippen molar-refractivity contribution in [2.75, 3.05) is 0 Å². The predicted molar refractivity (Wildman–Crippen MR) is 66.0 cm³/mol. The van der Waals surface area contributed by atoms with Gasteiger partial charge in [0.15, 0.2) is 6.10 Å². The van der Waals surface area contributed by atoms with Crippen molar-refractivity contribution in [3.05, 3.63) is 28.2 Å². The Morgan fingerprint density at radius 2 is 2.06 bits per heavy atom. The molecule has 0 aromatic heterocycles. The Morgan fingerprint density at radius 1 is 1.44 bits per heavy atom. The van der Waals surface area contributed by atoms with Gasteiger partial charge in [-0.1, -0.05) is 22.0 Å². The molecule has 0 saturated heterocycles. The Labute approximate surface area is 103 Å². The third kappa shape index (κ3) is 3.21. The summed E-state index contributed by atoms with van der Waals surface area (Å²) in [5.41, 5.74) is 11.8. The Kier molecular flexibility index (Phi) is 4.32. The number of carbonyl (C=O) groups excluding carboxylic acids is 1. The number of primary amides is 1. The van der Waals surface area contributed by atoms with Crippen molar-refractivity contribution in [3.63, 3.8) is 0 Å². The number of amides is 1. The smallest absolute Gasteiger partial charge is 0.258 e. The molecule has 0 aliphatic rings. The fourth-order valence-electron chi connectivity index (χ4n) is 1.23. The van der Waals surface area contributed by atoms with Crippen LogP contribution in [0.3, 0.4) is 0 Å². The number of ether oxygens (including phenoxy) is 1. The van der Waals surface area contributed by atoms with E-state index >= 15 is 0 Å². The van der Waals surface area contributed by atoms with Crippen LogP contribution in [0.25, 0.3) is 0 Å². The number of hydrogen-bond acceptors (Lipinski definition) is 3. The molecule has 0 aliphatic heterocycles. The zero-order chi connectivity index (χ0) is 12.3. The molecule has 0 radical (unpaired) electrons. The maximum atomic E-state index is 10.9. The topological polar surface area (TPSA) is 78.3 Å². The van der Waals surface area contributed by atoms with Crippen molar-refractivity contribution < 1.29 is 9.53 Å². The van der Waals surface area contributed by atoms with E-state index in [1.807, 2.05) is 19.1 Å². The van der Waals surface area contributed by atoms with Crippen molar-refractivity contribution >= 4 is 21.8 Å². The largest absolute Gasteiger partial charge is 0.481 e. The maximum Gasteiger partial charge on any atom is 0.258 e. The van der Waals surface area contributed by atoms with Gasteiger partial charge in [0, 0.05) is 16.1 Å². The van der Waals surface area contributed by atoms with E-state index in [1.54, 1.807) is 13.0 Å². The summed E-state index contributed by atoms with van der Waals surface area (Å²) < 4.78 is 6.33. The molecule has 0 spiro atoms. The Bertz CT molecular complexity index is 394. The molecule has 0 aliphatic carbocycles. The lowest BCUT2D eigenvalue weighted by molar-refractivity contribution is -0.124. The summed E-state index contributed by atoms with van der Waals surface area (Å²) in [5.74, 6) is 0.0753. The van der Waals surface area contributed by atoms with E-state index < -0.39 is 12.0 Å². The van der Waals surface area contributed by atoms with E-state index in [2.05, 4.69) is 15.9 Å². The van der Waals surface area contributed by atoms with Gasteiger partial charge in [-0.3, -0.25) is 4.79 Å². The summed E-state index contributed by atoms with van der Waals surface area (Å²) >= 11 is 3.34. The van der Waals surface area contributed by atoms with Gasteiger partial charge in [-0.05, 0) is 26.0 Å². The maximum absolute atomic E-state index is 10.9. The SMILES string of the molecule is CC(Oc1cc(Br)ccc1[C@H](C)N)C(N)=O. The second-order valence-corrected chi connectivity index (χ2v) is 4.55. The molecule has 16 heavy (non-hydrogen) atoms. The predicted octanol–water partition coefficient (Wildman–Crippen LogP) is 1.72. The van der Waals surface area contributed by atoms with Crippen LogP contribution < -0.4 is 16.2 Å². The standard InChI is InChI=1S/C11H15BrN2O2/c1-6(13)9-4-3-8(12)5-10(9)16-7(2)11(14)15/h3-7H,13H2,1-2H3,(H2,14,15)/t6-,7?/m0/s1. The van der Waals surface area contributed by atoms with E-state index in [0.717, 1.165) is 10.0 Å². The van der Waals surface area contributed by atoms with Gasteiger partial charge in [0.05, 0.1) is 0 Å². The summed E-state index contributed by atoms with van der Waals surface area (Å²) in [7, 11) is 0. The highest BCUT2D eigenvalue weighted by Gasteiger charge is 2.15. The summed E-state index contributed by atoms with van der Waals surface area (Å²) in [4.78, 5) is 10.9. The summed E-state index contributed by atoms with van der Waals surface area (Å²) in [6.45, 7) is 3.46. The molecule has 1 amide bonds. The summed E-state index contributed by atoms with van der Waals surface area (Å²) in [6, 6.07) is 5.35. The van der Waals surface area contributed by atoms with Gasteiger partial charge in [-0.15, -0.1) is 0 Å². The third-order valence-corrected chi connectivity index (χ3v) is 2.66. The van der Waals surface area contributed by atoms with Crippen LogP contribution in [0.4, 0.5) is 0 Å². The first-order chi connectivity index (χ1) is 7.41. The van der Waals surface area contributed by atoms with E-state index in [0.29, 0.717) is 5.75 Å². The van der Waals surface area contributed by atoms with Gasteiger partial charge in [-0.2, -0.15) is 0 Å². The number of rotatable bonds is 4. The van der Waals surface area contributed by atoms with Crippen molar-refractivity contribution in [2.24, 2.45) is 11.5 Å². The number of carbonyl (C=O) groups is 1. The van der Waals surface area contributed by atoms with E-state index in [9.17, 15) is 4.79 Å². The van der Waals surface area contributed by atoms with Crippen molar-refractivity contribution in [2.45, 2.75) is 26.0 Å². The fraction of sp³-hybridized carbons (Fsp3) is 0.364. The lowest BCUT2D eigenvalue weighted by Gasteiger charge is -2.17. The molecule has 2 atom stereocenters. The highest BCUT2D eigenvalue weighted by atomic mass is 79.9. The molecule has 0 fully saturated rings. The van der Waals surface area contributed by atoms with Crippen LogP contribution in [0.2, 0.25) is 0 Å². The van der Waals surface area contributed by atoms with Crippen molar-refractivity contribution in [1.82, 2.24) is 0 Å². The van der Waals surface area contributed by atoms with E-state index in [4.69, 9.17) is 16.2 Å². The van der Waals surface area contributed by atoms with Gasteiger partial charge in [0.1, 0.15) is 5.75 Å². The molecule has 0 bridgehead atoms. The Hall–Kier alpha value is -1.07. The van der Waals surface area contributed by atoms with E-state index in [1.165, 1.54) is 0 Å². The average molecular weight is 287 g/mol. The van der Waals surface area contributed by atoms with Crippen LogP contribution in [-0.4, -0.2) is 12.0 Å². The molecule has 5 heteroatoms. The molecule has 4 nitrogen and oxygen atoms in total. The summed E-state index contributed by atoms with van der Waals surface area (Å²) in [5, 5.41) is 0. The van der Waals surface area contributed by atoms with Gasteiger partial charge in [0.25, 0.3) is 5.91 Å². The minimum absolute atomic E-state index is 0.164. The molecule has 88 valence electrons. The lowest BCUT2D eigenvalue weighted by Crippen LogP contribution is -2.31. The normalized spacial score (nSPS) is 14.2. The van der Waals surface area contributed by atoms with E-state index in [-0.39, 0.29) is 6.04 Å². The van der Waals surface area contributed by atoms with Gasteiger partial charge in [-0.25, -0.2) is 0 Å². The molecule has 1 aromatic rings. The second kappa shape index (κ2) is 5.32. The summed E-state index contributed by atoms with van der Waals surface area (Å²) in [6.07, 6.45) is -0.674. The Morgan fingerprint density at radius 3 is 2.56 bits per heavy atom. The van der Waals surface area contributed by atoms with Crippen molar-refractivity contribution in [3.8, 4) is 5.75 Å². The van der Waals surface area contributed by atoms with Crippen LogP contribution in [0.15, 0.2) is 22.7 Å².